The Bertz CT molecular complexity index is 1290. The third-order valence-corrected chi connectivity index (χ3v) is 8.03. The molecule has 2 aliphatic heterocycles. The highest BCUT2D eigenvalue weighted by molar-refractivity contribution is 7.92. The molecule has 0 saturated carbocycles. The van der Waals surface area contributed by atoms with Gasteiger partial charge in [-0.3, -0.25) is 9.48 Å². The maximum absolute atomic E-state index is 13.3. The minimum Gasteiger partial charge on any atom is -0.444 e. The monoisotopic (exact) mass is 531 g/mol. The van der Waals surface area contributed by atoms with Gasteiger partial charge in [-0.05, 0) is 64.2 Å². The Morgan fingerprint density at radius 3 is 2.49 bits per heavy atom. The normalized spacial score (nSPS) is 19.4. The van der Waals surface area contributed by atoms with Gasteiger partial charge >= 0.3 is 6.09 Å². The Kier molecular flexibility index (Phi) is 7.66. The van der Waals surface area contributed by atoms with Crippen molar-refractivity contribution >= 4 is 32.9 Å². The molecular formula is C26H37N5O5S. The van der Waals surface area contributed by atoms with Crippen molar-refractivity contribution in [3.05, 3.63) is 41.4 Å². The Labute approximate surface area is 218 Å². The van der Waals surface area contributed by atoms with Crippen LogP contribution in [0.4, 0.5) is 4.79 Å². The maximum atomic E-state index is 13.3. The van der Waals surface area contributed by atoms with Crippen molar-refractivity contribution in [3.63, 3.8) is 0 Å². The van der Waals surface area contributed by atoms with Crippen molar-refractivity contribution in [2.24, 2.45) is 13.0 Å². The number of carbonyl (C=O) groups excluding carboxylic acids is 2. The second-order valence-electron chi connectivity index (χ2n) is 10.9. The summed E-state index contributed by atoms with van der Waals surface area (Å²) in [6, 6.07) is 5.68. The SMILES string of the molecule is C=CS(=O)(=O)NCC1CCN(C(=O)c2ccc3c(c2)c(C2CCN(C(=O)OC(C)(C)C)CC2)nn3C)C1. The summed E-state index contributed by atoms with van der Waals surface area (Å²) in [6.45, 7) is 11.5. The molecule has 1 aromatic heterocycles. The van der Waals surface area contributed by atoms with E-state index in [1.165, 1.54) is 0 Å². The fourth-order valence-corrected chi connectivity index (χ4v) is 5.63. The zero-order valence-electron chi connectivity index (χ0n) is 22.1. The third kappa shape index (κ3) is 6.32. The molecule has 2 fully saturated rings. The second kappa shape index (κ2) is 10.4. The van der Waals surface area contributed by atoms with E-state index in [-0.39, 0.29) is 30.4 Å². The number of nitrogens with zero attached hydrogens (tertiary/aromatic N) is 4. The molecule has 2 amide bonds. The number of amides is 2. The van der Waals surface area contributed by atoms with E-state index in [9.17, 15) is 18.0 Å². The topological polar surface area (TPSA) is 114 Å². The molecule has 1 N–H and O–H groups in total. The average Bonchev–Trinajstić information content (AvgIpc) is 3.46. The van der Waals surface area contributed by atoms with E-state index in [0.29, 0.717) is 31.7 Å². The van der Waals surface area contributed by atoms with Crippen LogP contribution in [0, 0.1) is 5.92 Å². The van der Waals surface area contributed by atoms with Gasteiger partial charge in [0.25, 0.3) is 5.91 Å². The lowest BCUT2D eigenvalue weighted by atomic mass is 9.91. The number of carbonyl (C=O) groups is 2. The van der Waals surface area contributed by atoms with Crippen LogP contribution in [0.5, 0.6) is 0 Å². The average molecular weight is 532 g/mol. The molecule has 202 valence electrons. The zero-order valence-corrected chi connectivity index (χ0v) is 22.9. The third-order valence-electron chi connectivity index (χ3n) is 7.02. The van der Waals surface area contributed by atoms with Crippen molar-refractivity contribution in [1.29, 1.82) is 0 Å². The minimum absolute atomic E-state index is 0.0616. The fraction of sp³-hybridized carbons (Fsp3) is 0.577. The van der Waals surface area contributed by atoms with Crippen LogP contribution in [0.15, 0.2) is 30.2 Å². The quantitative estimate of drug-likeness (QED) is 0.612. The first kappa shape index (κ1) is 27.1. The maximum Gasteiger partial charge on any atom is 0.410 e. The number of hydrogen-bond donors (Lipinski definition) is 1. The zero-order chi connectivity index (χ0) is 27.0. The van der Waals surface area contributed by atoms with Gasteiger partial charge in [-0.15, -0.1) is 0 Å². The number of piperidine rings is 1. The van der Waals surface area contributed by atoms with Gasteiger partial charge in [-0.2, -0.15) is 5.10 Å². The second-order valence-corrected chi connectivity index (χ2v) is 12.7. The van der Waals surface area contributed by atoms with Crippen molar-refractivity contribution in [2.45, 2.75) is 51.6 Å². The molecular weight excluding hydrogens is 494 g/mol. The summed E-state index contributed by atoms with van der Waals surface area (Å²) in [5.74, 6) is 0.179. The van der Waals surface area contributed by atoms with Gasteiger partial charge in [-0.25, -0.2) is 17.9 Å². The highest BCUT2D eigenvalue weighted by atomic mass is 32.2. The number of ether oxygens (including phenoxy) is 1. The first-order valence-electron chi connectivity index (χ1n) is 12.7. The lowest BCUT2D eigenvalue weighted by Gasteiger charge is -2.33. The first-order valence-corrected chi connectivity index (χ1v) is 14.3. The van der Waals surface area contributed by atoms with Gasteiger partial charge in [-0.1, -0.05) is 6.58 Å². The summed E-state index contributed by atoms with van der Waals surface area (Å²) in [7, 11) is -1.58. The molecule has 2 aromatic rings. The highest BCUT2D eigenvalue weighted by Gasteiger charge is 2.31. The number of hydrogen-bond acceptors (Lipinski definition) is 6. The van der Waals surface area contributed by atoms with Crippen LogP contribution in [0.3, 0.4) is 0 Å². The van der Waals surface area contributed by atoms with Crippen LogP contribution >= 0.6 is 0 Å². The van der Waals surface area contributed by atoms with Gasteiger partial charge in [0.2, 0.25) is 10.0 Å². The van der Waals surface area contributed by atoms with E-state index in [0.717, 1.165) is 41.3 Å². The van der Waals surface area contributed by atoms with Crippen LogP contribution < -0.4 is 4.72 Å². The Balaban J connectivity index is 1.44. The number of likely N-dealkylation sites (tertiary alicyclic amines) is 2. The smallest absolute Gasteiger partial charge is 0.410 e. The molecule has 0 bridgehead atoms. The summed E-state index contributed by atoms with van der Waals surface area (Å²) in [6.07, 6.45) is 2.00. The number of fused-ring (bicyclic) bond motifs is 1. The van der Waals surface area contributed by atoms with Crippen molar-refractivity contribution < 1.29 is 22.7 Å². The van der Waals surface area contributed by atoms with E-state index in [2.05, 4.69) is 11.3 Å². The van der Waals surface area contributed by atoms with Crippen LogP contribution in [0.1, 0.15) is 62.0 Å². The lowest BCUT2D eigenvalue weighted by Crippen LogP contribution is -2.41. The van der Waals surface area contributed by atoms with Crippen LogP contribution in [-0.4, -0.2) is 78.3 Å². The van der Waals surface area contributed by atoms with E-state index in [1.54, 1.807) is 9.80 Å². The van der Waals surface area contributed by atoms with Gasteiger partial charge in [0, 0.05) is 62.0 Å². The van der Waals surface area contributed by atoms with Crippen molar-refractivity contribution in [1.82, 2.24) is 24.3 Å². The molecule has 0 aliphatic carbocycles. The van der Waals surface area contributed by atoms with E-state index in [1.807, 2.05) is 50.7 Å². The molecule has 1 unspecified atom stereocenters. The van der Waals surface area contributed by atoms with Gasteiger partial charge in [0.1, 0.15) is 5.60 Å². The number of benzene rings is 1. The standard InChI is InChI=1S/C26H37N5O5S/c1-6-37(34,35)27-16-18-9-12-31(17-18)24(32)20-7-8-22-21(15-20)23(28-29(22)5)19-10-13-30(14-11-19)25(33)36-26(2,3)4/h6-8,15,18-19,27H,1,9-14,16-17H2,2-5H3. The van der Waals surface area contributed by atoms with Crippen LogP contribution in [0.25, 0.3) is 10.9 Å². The molecule has 2 aliphatic rings. The molecule has 2 saturated heterocycles. The summed E-state index contributed by atoms with van der Waals surface area (Å²) in [5, 5.41) is 6.64. The molecule has 10 nitrogen and oxygen atoms in total. The number of aromatic nitrogens is 2. The molecule has 1 aromatic carbocycles. The summed E-state index contributed by atoms with van der Waals surface area (Å²) >= 11 is 0. The van der Waals surface area contributed by atoms with Crippen LogP contribution in [0.2, 0.25) is 0 Å². The molecule has 1 atom stereocenters. The number of sulfonamides is 1. The summed E-state index contributed by atoms with van der Waals surface area (Å²) in [5.41, 5.74) is 1.98. The predicted octanol–water partition coefficient (Wildman–Crippen LogP) is 3.21. The van der Waals surface area contributed by atoms with Gasteiger partial charge in [0.15, 0.2) is 0 Å². The predicted molar refractivity (Wildman–Crippen MR) is 142 cm³/mol. The summed E-state index contributed by atoms with van der Waals surface area (Å²) in [4.78, 5) is 29.3. The minimum atomic E-state index is -3.48. The molecule has 37 heavy (non-hydrogen) atoms. The molecule has 0 spiro atoms. The van der Waals surface area contributed by atoms with Gasteiger partial charge < -0.3 is 14.5 Å². The van der Waals surface area contributed by atoms with Crippen molar-refractivity contribution in [2.75, 3.05) is 32.7 Å². The van der Waals surface area contributed by atoms with E-state index < -0.39 is 15.6 Å². The number of aryl methyl sites for hydroxylation is 1. The fourth-order valence-electron chi connectivity index (χ4n) is 5.05. The van der Waals surface area contributed by atoms with E-state index >= 15 is 0 Å². The molecule has 4 rings (SSSR count). The van der Waals surface area contributed by atoms with Crippen molar-refractivity contribution in [3.8, 4) is 0 Å². The Morgan fingerprint density at radius 2 is 1.84 bits per heavy atom. The Morgan fingerprint density at radius 1 is 1.16 bits per heavy atom. The number of nitrogens with one attached hydrogen (secondary N) is 1. The van der Waals surface area contributed by atoms with Gasteiger partial charge in [0.05, 0.1) is 11.2 Å². The van der Waals surface area contributed by atoms with Crippen LogP contribution in [-0.2, 0) is 21.8 Å². The molecule has 3 heterocycles. The summed E-state index contributed by atoms with van der Waals surface area (Å²) < 4.78 is 33.2. The largest absolute Gasteiger partial charge is 0.444 e. The number of rotatable bonds is 6. The lowest BCUT2D eigenvalue weighted by molar-refractivity contribution is 0.0204. The molecule has 0 radical (unpaired) electrons. The first-order chi connectivity index (χ1) is 17.4. The Hall–Kier alpha value is -2.92. The highest BCUT2D eigenvalue weighted by Crippen LogP contribution is 2.33. The van der Waals surface area contributed by atoms with E-state index in [4.69, 9.17) is 9.84 Å². The molecule has 11 heteroatoms.